The number of rotatable bonds is 5. The Kier molecular flexibility index (Phi) is 5.44. The lowest BCUT2D eigenvalue weighted by Gasteiger charge is -2.31. The summed E-state index contributed by atoms with van der Waals surface area (Å²) in [5.41, 5.74) is 3.15. The number of phenolic OH excluding ortho intramolecular Hbond substituents is 1. The molecule has 0 aliphatic carbocycles. The molecule has 0 saturated carbocycles. The van der Waals surface area contributed by atoms with Gasteiger partial charge in [0.2, 0.25) is 5.91 Å². The van der Waals surface area contributed by atoms with Crippen LogP contribution in [0.25, 0.3) is 16.6 Å². The Labute approximate surface area is 174 Å². The highest BCUT2D eigenvalue weighted by Crippen LogP contribution is 2.34. The standard InChI is InChI=1S/C23H24FN3O3/c1-3-15-9-21(28)19(24)11-18(15)16-10-22(20-12-25-14-27(20)13-16)30-17-5-7-26(8-6-17)23(29)4-2/h4,9-14,17,28H,2-3,5-8H2,1H3. The van der Waals surface area contributed by atoms with Gasteiger partial charge in [0, 0.05) is 37.7 Å². The van der Waals surface area contributed by atoms with Crippen molar-refractivity contribution >= 4 is 11.4 Å². The van der Waals surface area contributed by atoms with Crippen molar-refractivity contribution in [2.45, 2.75) is 32.3 Å². The SMILES string of the molecule is C=CC(=O)N1CCC(Oc2cc(-c3cc(F)c(O)cc3CC)cn3cncc23)CC1. The zero-order valence-corrected chi connectivity index (χ0v) is 16.8. The number of likely N-dealkylation sites (tertiary alicyclic amines) is 1. The molecule has 30 heavy (non-hydrogen) atoms. The first-order valence-corrected chi connectivity index (χ1v) is 10.1. The van der Waals surface area contributed by atoms with Crippen molar-refractivity contribution in [3.63, 3.8) is 0 Å². The minimum Gasteiger partial charge on any atom is -0.505 e. The van der Waals surface area contributed by atoms with E-state index in [-0.39, 0.29) is 17.8 Å². The summed E-state index contributed by atoms with van der Waals surface area (Å²) < 4.78 is 22.3. The van der Waals surface area contributed by atoms with E-state index in [9.17, 15) is 14.3 Å². The number of aromatic nitrogens is 2. The van der Waals surface area contributed by atoms with Gasteiger partial charge >= 0.3 is 0 Å². The van der Waals surface area contributed by atoms with Gasteiger partial charge in [0.1, 0.15) is 17.4 Å². The number of fused-ring (bicyclic) bond motifs is 1. The summed E-state index contributed by atoms with van der Waals surface area (Å²) in [7, 11) is 0. The van der Waals surface area contributed by atoms with Crippen molar-refractivity contribution in [3.8, 4) is 22.6 Å². The van der Waals surface area contributed by atoms with Crippen molar-refractivity contribution in [2.75, 3.05) is 13.1 Å². The van der Waals surface area contributed by atoms with Crippen LogP contribution in [0.15, 0.2) is 49.6 Å². The van der Waals surface area contributed by atoms with Crippen LogP contribution in [0.3, 0.4) is 0 Å². The number of amides is 1. The number of hydrogen-bond donors (Lipinski definition) is 1. The molecule has 0 radical (unpaired) electrons. The van der Waals surface area contributed by atoms with Crippen LogP contribution in [0.4, 0.5) is 4.39 Å². The molecule has 3 heterocycles. The number of nitrogens with zero attached hydrogens (tertiary/aromatic N) is 3. The zero-order valence-electron chi connectivity index (χ0n) is 16.8. The van der Waals surface area contributed by atoms with E-state index in [1.165, 1.54) is 18.2 Å². The molecular formula is C23H24FN3O3. The molecule has 1 fully saturated rings. The Morgan fingerprint density at radius 3 is 2.83 bits per heavy atom. The molecule has 1 amide bonds. The number of carbonyl (C=O) groups excluding carboxylic acids is 1. The number of phenols is 1. The molecule has 0 atom stereocenters. The third-order valence-electron chi connectivity index (χ3n) is 5.57. The minimum atomic E-state index is -0.658. The van der Waals surface area contributed by atoms with E-state index in [1.807, 2.05) is 23.6 Å². The Morgan fingerprint density at radius 2 is 2.13 bits per heavy atom. The smallest absolute Gasteiger partial charge is 0.245 e. The monoisotopic (exact) mass is 409 g/mol. The maximum absolute atomic E-state index is 14.1. The molecule has 156 valence electrons. The first kappa shape index (κ1) is 19.9. The normalized spacial score (nSPS) is 14.8. The van der Waals surface area contributed by atoms with E-state index >= 15 is 0 Å². The quantitative estimate of drug-likeness (QED) is 0.648. The van der Waals surface area contributed by atoms with Gasteiger partial charge in [-0.15, -0.1) is 0 Å². The molecule has 0 unspecified atom stereocenters. The third-order valence-corrected chi connectivity index (χ3v) is 5.57. The summed E-state index contributed by atoms with van der Waals surface area (Å²) in [6.45, 7) is 6.74. The summed E-state index contributed by atoms with van der Waals surface area (Å²) in [5, 5.41) is 9.74. The minimum absolute atomic E-state index is 0.0324. The van der Waals surface area contributed by atoms with Gasteiger partial charge in [-0.05, 0) is 41.8 Å². The molecule has 2 aromatic heterocycles. The summed E-state index contributed by atoms with van der Waals surface area (Å²) >= 11 is 0. The molecule has 3 aromatic rings. The van der Waals surface area contributed by atoms with Gasteiger partial charge in [0.05, 0.1) is 12.5 Å². The Bertz CT molecular complexity index is 1100. The van der Waals surface area contributed by atoms with Crippen LogP contribution in [0.2, 0.25) is 0 Å². The lowest BCUT2D eigenvalue weighted by Crippen LogP contribution is -2.41. The van der Waals surface area contributed by atoms with Gasteiger partial charge in [-0.2, -0.15) is 0 Å². The van der Waals surface area contributed by atoms with Gasteiger partial charge in [-0.1, -0.05) is 13.5 Å². The Morgan fingerprint density at radius 1 is 1.37 bits per heavy atom. The molecule has 1 saturated heterocycles. The first-order valence-electron chi connectivity index (χ1n) is 10.1. The fourth-order valence-corrected chi connectivity index (χ4v) is 3.91. The highest BCUT2D eigenvalue weighted by molar-refractivity contribution is 5.87. The van der Waals surface area contributed by atoms with Crippen LogP contribution in [0.5, 0.6) is 11.5 Å². The third kappa shape index (κ3) is 3.75. The maximum atomic E-state index is 14.1. The maximum Gasteiger partial charge on any atom is 0.245 e. The molecule has 1 N–H and O–H groups in total. The fraction of sp³-hybridized carbons (Fsp3) is 0.304. The van der Waals surface area contributed by atoms with E-state index in [2.05, 4.69) is 11.6 Å². The number of ether oxygens (including phenoxy) is 1. The molecule has 1 aliphatic heterocycles. The van der Waals surface area contributed by atoms with Gasteiger partial charge in [0.15, 0.2) is 11.6 Å². The number of aromatic hydroxyl groups is 1. The number of benzene rings is 1. The predicted octanol–water partition coefficient (Wildman–Crippen LogP) is 3.96. The number of aryl methyl sites for hydroxylation is 1. The molecule has 7 heteroatoms. The van der Waals surface area contributed by atoms with Gasteiger partial charge in [-0.3, -0.25) is 4.79 Å². The molecular weight excluding hydrogens is 385 g/mol. The van der Waals surface area contributed by atoms with E-state index in [1.54, 1.807) is 17.4 Å². The van der Waals surface area contributed by atoms with Crippen LogP contribution in [-0.2, 0) is 11.2 Å². The zero-order chi connectivity index (χ0) is 21.3. The number of pyridine rings is 1. The number of halogens is 1. The number of imidazole rings is 1. The Hall–Kier alpha value is -3.35. The molecule has 0 bridgehead atoms. The van der Waals surface area contributed by atoms with Crippen molar-refractivity contribution < 1.29 is 19.0 Å². The van der Waals surface area contributed by atoms with Crippen molar-refractivity contribution in [3.05, 3.63) is 61.0 Å². The number of carbonyl (C=O) groups is 1. The number of hydrogen-bond acceptors (Lipinski definition) is 4. The van der Waals surface area contributed by atoms with Crippen molar-refractivity contribution in [2.24, 2.45) is 0 Å². The van der Waals surface area contributed by atoms with Crippen LogP contribution in [0.1, 0.15) is 25.3 Å². The second kappa shape index (κ2) is 8.18. The highest BCUT2D eigenvalue weighted by Gasteiger charge is 2.24. The highest BCUT2D eigenvalue weighted by atomic mass is 19.1. The summed E-state index contributed by atoms with van der Waals surface area (Å²) in [5.74, 6) is -0.407. The second-order valence-electron chi connectivity index (χ2n) is 7.44. The molecule has 4 rings (SSSR count). The van der Waals surface area contributed by atoms with Crippen LogP contribution < -0.4 is 4.74 Å². The van der Waals surface area contributed by atoms with Crippen molar-refractivity contribution in [1.29, 1.82) is 0 Å². The summed E-state index contributed by atoms with van der Waals surface area (Å²) in [6, 6.07) is 4.72. The van der Waals surface area contributed by atoms with Crippen LogP contribution in [0, 0.1) is 5.82 Å². The van der Waals surface area contributed by atoms with Gasteiger partial charge < -0.3 is 19.1 Å². The topological polar surface area (TPSA) is 67.1 Å². The fourth-order valence-electron chi connectivity index (χ4n) is 3.91. The van der Waals surface area contributed by atoms with Crippen LogP contribution in [-0.4, -0.2) is 44.5 Å². The lowest BCUT2D eigenvalue weighted by molar-refractivity contribution is -0.127. The van der Waals surface area contributed by atoms with Gasteiger partial charge in [0.25, 0.3) is 0 Å². The number of piperidine rings is 1. The predicted molar refractivity (Wildman–Crippen MR) is 112 cm³/mol. The average molecular weight is 409 g/mol. The molecule has 6 nitrogen and oxygen atoms in total. The molecule has 0 spiro atoms. The van der Waals surface area contributed by atoms with Crippen LogP contribution >= 0.6 is 0 Å². The van der Waals surface area contributed by atoms with E-state index in [4.69, 9.17) is 4.74 Å². The largest absolute Gasteiger partial charge is 0.505 e. The molecule has 1 aromatic carbocycles. The van der Waals surface area contributed by atoms with E-state index in [0.717, 1.165) is 29.5 Å². The molecule has 1 aliphatic rings. The summed E-state index contributed by atoms with van der Waals surface area (Å²) in [6.07, 6.45) is 8.68. The average Bonchev–Trinajstić information content (AvgIpc) is 3.24. The van der Waals surface area contributed by atoms with Gasteiger partial charge in [-0.25, -0.2) is 9.37 Å². The lowest BCUT2D eigenvalue weighted by atomic mass is 9.98. The second-order valence-corrected chi connectivity index (χ2v) is 7.44. The first-order chi connectivity index (χ1) is 14.5. The summed E-state index contributed by atoms with van der Waals surface area (Å²) in [4.78, 5) is 17.8. The van der Waals surface area contributed by atoms with Crippen molar-refractivity contribution in [1.82, 2.24) is 14.3 Å². The van der Waals surface area contributed by atoms with E-state index < -0.39 is 5.82 Å². The Balaban J connectivity index is 1.66. The van der Waals surface area contributed by atoms with E-state index in [0.29, 0.717) is 30.8 Å².